The number of nitrogens with one attached hydrogen (secondary N) is 2. The molecule has 0 radical (unpaired) electrons. The number of anilines is 2. The second-order valence-corrected chi connectivity index (χ2v) is 11.5. The highest BCUT2D eigenvalue weighted by Crippen LogP contribution is 2.38. The van der Waals surface area contributed by atoms with Crippen LogP contribution in [0.25, 0.3) is 16.7 Å². The highest BCUT2D eigenvalue weighted by molar-refractivity contribution is 6.31. The number of methoxy groups -OCH3 is 1. The van der Waals surface area contributed by atoms with E-state index in [-0.39, 0.29) is 35.0 Å². The van der Waals surface area contributed by atoms with Gasteiger partial charge in [0, 0.05) is 30.1 Å². The van der Waals surface area contributed by atoms with Crippen LogP contribution in [-0.2, 0) is 14.3 Å². The van der Waals surface area contributed by atoms with Gasteiger partial charge in [-0.25, -0.2) is 13.6 Å². The first-order valence-corrected chi connectivity index (χ1v) is 15.7. The number of aromatic nitrogens is 1. The van der Waals surface area contributed by atoms with Gasteiger partial charge in [0.25, 0.3) is 0 Å². The van der Waals surface area contributed by atoms with Crippen LogP contribution in [0, 0.1) is 24.5 Å². The van der Waals surface area contributed by atoms with E-state index >= 15 is 0 Å². The number of hydrogen-bond donors (Lipinski definition) is 2. The second-order valence-electron chi connectivity index (χ2n) is 11.1. The van der Waals surface area contributed by atoms with Gasteiger partial charge in [0.05, 0.1) is 35.1 Å². The minimum atomic E-state index is -0.884. The van der Waals surface area contributed by atoms with E-state index in [2.05, 4.69) is 29.5 Å². The van der Waals surface area contributed by atoms with Crippen LogP contribution in [0.2, 0.25) is 5.02 Å². The van der Waals surface area contributed by atoms with Crippen molar-refractivity contribution in [2.75, 3.05) is 24.3 Å². The van der Waals surface area contributed by atoms with Crippen LogP contribution < -0.4 is 10.6 Å². The molecule has 8 nitrogen and oxygen atoms in total. The molecule has 0 unspecified atom stereocenters. The summed E-state index contributed by atoms with van der Waals surface area (Å²) in [5.41, 5.74) is 3.71. The van der Waals surface area contributed by atoms with Gasteiger partial charge in [0.15, 0.2) is 5.82 Å². The fourth-order valence-corrected chi connectivity index (χ4v) is 5.55. The molecule has 3 amide bonds. The Morgan fingerprint density at radius 1 is 1.13 bits per heavy atom. The molecule has 1 aliphatic heterocycles. The van der Waals surface area contributed by atoms with E-state index < -0.39 is 23.8 Å². The number of carbonyl (C=O) groups excluding carboxylic acids is 3. The Morgan fingerprint density at radius 2 is 1.87 bits per heavy atom. The standard InChI is InChI=1S/C33H35ClF2N4O4.C2H6/c1-19(2)6-5-7-29(40-13-11-22(16-30(40)42)31-25(35)9-8-24(34)32(31)36)28-15-21(10-12-37-28)23-14-20(3)26(39-33(43)44-4)17-27(23)38-18-41;1-2/h8-10,12,14-19,29H,5-7,11,13H2,1-4H3,(H,38,41)(H,39,43);1-2H3/t29-;/m0./s1. The SMILES string of the molecule is CC.COC(=O)Nc1cc(NC=O)c(-c2ccnc([C@H](CCCC(C)C)N3CCC(c4c(F)ccc(Cl)c4F)=CC3=O)c2)cc1C. The second kappa shape index (κ2) is 16.8. The van der Waals surface area contributed by atoms with Crippen LogP contribution in [0.4, 0.5) is 25.0 Å². The van der Waals surface area contributed by atoms with Crippen molar-refractivity contribution in [3.05, 3.63) is 82.1 Å². The summed E-state index contributed by atoms with van der Waals surface area (Å²) in [7, 11) is 1.26. The summed E-state index contributed by atoms with van der Waals surface area (Å²) in [5.74, 6) is -1.57. The van der Waals surface area contributed by atoms with Gasteiger partial charge in [-0.2, -0.15) is 0 Å². The highest BCUT2D eigenvalue weighted by atomic mass is 35.5. The molecule has 0 saturated heterocycles. The van der Waals surface area contributed by atoms with E-state index in [0.717, 1.165) is 36.1 Å². The molecule has 2 N–H and O–H groups in total. The summed E-state index contributed by atoms with van der Waals surface area (Å²) in [6.45, 7) is 10.3. The maximum absolute atomic E-state index is 14.8. The van der Waals surface area contributed by atoms with Crippen LogP contribution in [0.5, 0.6) is 0 Å². The third-order valence-corrected chi connectivity index (χ3v) is 7.93. The topological polar surface area (TPSA) is 101 Å². The molecule has 2 heterocycles. The average molecular weight is 655 g/mol. The molecule has 1 atom stereocenters. The van der Waals surface area contributed by atoms with Gasteiger partial charge in [-0.15, -0.1) is 0 Å². The van der Waals surface area contributed by atoms with Crippen molar-refractivity contribution in [2.24, 2.45) is 5.92 Å². The van der Waals surface area contributed by atoms with Crippen molar-refractivity contribution in [3.63, 3.8) is 0 Å². The Labute approximate surface area is 274 Å². The predicted molar refractivity (Wildman–Crippen MR) is 179 cm³/mol. The molecule has 0 saturated carbocycles. The number of hydrogen-bond acceptors (Lipinski definition) is 5. The predicted octanol–water partition coefficient (Wildman–Crippen LogP) is 8.94. The lowest BCUT2D eigenvalue weighted by molar-refractivity contribution is -0.129. The molecule has 11 heteroatoms. The molecule has 246 valence electrons. The van der Waals surface area contributed by atoms with Gasteiger partial charge >= 0.3 is 6.09 Å². The molecule has 2 aromatic carbocycles. The lowest BCUT2D eigenvalue weighted by Crippen LogP contribution is -2.38. The van der Waals surface area contributed by atoms with Crippen molar-refractivity contribution in [3.8, 4) is 11.1 Å². The van der Waals surface area contributed by atoms with Crippen LogP contribution in [0.3, 0.4) is 0 Å². The molecule has 0 aliphatic carbocycles. The highest BCUT2D eigenvalue weighted by Gasteiger charge is 2.30. The quantitative estimate of drug-likeness (QED) is 0.159. The number of pyridine rings is 1. The molecular weight excluding hydrogens is 614 g/mol. The van der Waals surface area contributed by atoms with E-state index in [9.17, 15) is 23.2 Å². The maximum Gasteiger partial charge on any atom is 0.411 e. The summed E-state index contributed by atoms with van der Waals surface area (Å²) in [4.78, 5) is 43.2. The van der Waals surface area contributed by atoms with Gasteiger partial charge in [0.2, 0.25) is 12.3 Å². The monoisotopic (exact) mass is 654 g/mol. The number of halogens is 3. The molecule has 3 aromatic rings. The van der Waals surface area contributed by atoms with E-state index in [1.807, 2.05) is 32.9 Å². The van der Waals surface area contributed by atoms with Crippen LogP contribution in [-0.4, -0.2) is 41.9 Å². The zero-order chi connectivity index (χ0) is 34.0. The largest absolute Gasteiger partial charge is 0.453 e. The van der Waals surface area contributed by atoms with Crippen molar-refractivity contribution < 1.29 is 27.9 Å². The Hall–Kier alpha value is -4.31. The van der Waals surface area contributed by atoms with E-state index in [1.54, 1.807) is 23.2 Å². The van der Waals surface area contributed by atoms with Gasteiger partial charge in [-0.05, 0) is 78.8 Å². The van der Waals surface area contributed by atoms with E-state index in [4.69, 9.17) is 16.3 Å². The normalized spacial score (nSPS) is 13.4. The first-order valence-electron chi connectivity index (χ1n) is 15.3. The molecule has 46 heavy (non-hydrogen) atoms. The fourth-order valence-electron chi connectivity index (χ4n) is 5.39. The van der Waals surface area contributed by atoms with Gasteiger partial charge in [0.1, 0.15) is 5.82 Å². The first-order chi connectivity index (χ1) is 22.0. The molecule has 0 fully saturated rings. The zero-order valence-corrected chi connectivity index (χ0v) is 27.8. The van der Waals surface area contributed by atoms with Crippen LogP contribution in [0.1, 0.15) is 76.2 Å². The van der Waals surface area contributed by atoms with Gasteiger partial charge in [-0.3, -0.25) is 19.9 Å². The molecular formula is C35H41ClF2N4O4. The molecule has 0 spiro atoms. The third-order valence-electron chi connectivity index (χ3n) is 7.64. The van der Waals surface area contributed by atoms with Gasteiger partial charge < -0.3 is 15.0 Å². The molecule has 0 bridgehead atoms. The smallest absolute Gasteiger partial charge is 0.411 e. The lowest BCUT2D eigenvalue weighted by Gasteiger charge is -2.34. The van der Waals surface area contributed by atoms with Crippen molar-refractivity contribution in [1.29, 1.82) is 0 Å². The minimum Gasteiger partial charge on any atom is -0.453 e. The lowest BCUT2D eigenvalue weighted by atomic mass is 9.93. The number of nitrogens with zero attached hydrogens (tertiary/aromatic N) is 2. The maximum atomic E-state index is 14.8. The summed E-state index contributed by atoms with van der Waals surface area (Å²) >= 11 is 5.91. The number of amides is 3. The first kappa shape index (κ1) is 36.2. The van der Waals surface area contributed by atoms with Crippen LogP contribution >= 0.6 is 11.6 Å². The molecule has 1 aliphatic rings. The van der Waals surface area contributed by atoms with Crippen molar-refractivity contribution in [2.45, 2.75) is 66.3 Å². The number of ether oxygens (including phenoxy) is 1. The Bertz CT molecular complexity index is 1600. The average Bonchev–Trinajstić information content (AvgIpc) is 3.04. The Kier molecular flexibility index (Phi) is 13.2. The molecule has 1 aromatic heterocycles. The van der Waals surface area contributed by atoms with E-state index in [1.165, 1.54) is 13.2 Å². The zero-order valence-electron chi connectivity index (χ0n) is 27.0. The third kappa shape index (κ3) is 8.69. The number of benzene rings is 2. The number of carbonyl (C=O) groups is 3. The van der Waals surface area contributed by atoms with Crippen LogP contribution in [0.15, 0.2) is 48.7 Å². The number of rotatable bonds is 11. The Balaban J connectivity index is 0.00000282. The molecule has 4 rings (SSSR count). The Morgan fingerprint density at radius 3 is 2.52 bits per heavy atom. The summed E-state index contributed by atoms with van der Waals surface area (Å²) < 4.78 is 34.1. The number of aryl methyl sites for hydroxylation is 1. The van der Waals surface area contributed by atoms with Crippen molar-refractivity contribution in [1.82, 2.24) is 9.88 Å². The fraction of sp³-hybridized carbons (Fsp3) is 0.371. The summed E-state index contributed by atoms with van der Waals surface area (Å²) in [6.07, 6.45) is 5.48. The van der Waals surface area contributed by atoms with Gasteiger partial charge in [-0.1, -0.05) is 52.1 Å². The minimum absolute atomic E-state index is 0.211. The van der Waals surface area contributed by atoms with E-state index in [0.29, 0.717) is 41.4 Å². The van der Waals surface area contributed by atoms with Crippen molar-refractivity contribution >= 4 is 47.0 Å². The summed E-state index contributed by atoms with van der Waals surface area (Å²) in [5, 5.41) is 5.13. The summed E-state index contributed by atoms with van der Waals surface area (Å²) in [6, 6.07) is 8.99.